The molecule has 0 amide bonds. The van der Waals surface area contributed by atoms with Crippen LogP contribution in [0.1, 0.15) is 43.4 Å². The Labute approximate surface area is 134 Å². The third kappa shape index (κ3) is 4.70. The summed E-state index contributed by atoms with van der Waals surface area (Å²) in [5.41, 5.74) is 2.41. The van der Waals surface area contributed by atoms with Crippen LogP contribution in [0.25, 0.3) is 0 Å². The van der Waals surface area contributed by atoms with Crippen molar-refractivity contribution >= 4 is 0 Å². The maximum Gasteiger partial charge on any atom is 0.123 e. The van der Waals surface area contributed by atoms with Gasteiger partial charge in [0.05, 0.1) is 13.2 Å². The van der Waals surface area contributed by atoms with Crippen molar-refractivity contribution in [3.8, 4) is 5.75 Å². The first-order valence-corrected chi connectivity index (χ1v) is 8.42. The predicted molar refractivity (Wildman–Crippen MR) is 90.4 cm³/mol. The molecule has 1 aliphatic rings. The number of ether oxygens (including phenoxy) is 1. The van der Waals surface area contributed by atoms with Crippen molar-refractivity contribution in [2.75, 3.05) is 33.3 Å². The number of hydrogen-bond acceptors (Lipinski definition) is 4. The van der Waals surface area contributed by atoms with Gasteiger partial charge in [-0.3, -0.25) is 0 Å². The van der Waals surface area contributed by atoms with Gasteiger partial charge in [-0.1, -0.05) is 24.6 Å². The molecule has 0 aliphatic carbocycles. The van der Waals surface area contributed by atoms with Gasteiger partial charge in [0.1, 0.15) is 5.75 Å². The van der Waals surface area contributed by atoms with Crippen LogP contribution in [0.4, 0.5) is 0 Å². The average Bonchev–Trinajstić information content (AvgIpc) is 3.01. The monoisotopic (exact) mass is 306 g/mol. The quantitative estimate of drug-likeness (QED) is 0.774. The van der Waals surface area contributed by atoms with E-state index >= 15 is 0 Å². The summed E-state index contributed by atoms with van der Waals surface area (Å²) in [7, 11) is 1.71. The molecule has 22 heavy (non-hydrogen) atoms. The number of aliphatic hydroxyl groups excluding tert-OH is 1. The molecule has 0 saturated carbocycles. The summed E-state index contributed by atoms with van der Waals surface area (Å²) in [5.74, 6) is 0.916. The van der Waals surface area contributed by atoms with E-state index in [1.807, 2.05) is 6.07 Å². The molecule has 1 aliphatic heterocycles. The largest absolute Gasteiger partial charge is 0.496 e. The summed E-state index contributed by atoms with van der Waals surface area (Å²) in [6, 6.07) is 6.47. The Kier molecular flexibility index (Phi) is 6.68. The lowest BCUT2D eigenvalue weighted by molar-refractivity contribution is 0.120. The van der Waals surface area contributed by atoms with E-state index in [1.54, 1.807) is 7.11 Å². The van der Waals surface area contributed by atoms with Gasteiger partial charge in [-0.2, -0.15) is 0 Å². The third-order valence-corrected chi connectivity index (χ3v) is 4.44. The highest BCUT2D eigenvalue weighted by Crippen LogP contribution is 2.28. The number of methoxy groups -OCH3 is 1. The van der Waals surface area contributed by atoms with Gasteiger partial charge in [-0.25, -0.2) is 0 Å². The molecule has 0 spiro atoms. The van der Waals surface area contributed by atoms with E-state index in [1.165, 1.54) is 24.0 Å². The molecule has 0 aromatic heterocycles. The highest BCUT2D eigenvalue weighted by molar-refractivity contribution is 5.39. The molecule has 1 saturated heterocycles. The Morgan fingerprint density at radius 1 is 1.32 bits per heavy atom. The van der Waals surface area contributed by atoms with Crippen LogP contribution in [0.15, 0.2) is 18.2 Å². The van der Waals surface area contributed by atoms with Gasteiger partial charge in [-0.15, -0.1) is 0 Å². The number of aryl methyl sites for hydroxylation is 1. The average molecular weight is 306 g/mol. The Hall–Kier alpha value is -1.10. The van der Waals surface area contributed by atoms with E-state index in [0.717, 1.165) is 31.8 Å². The molecular formula is C18H30N2O2. The second-order valence-corrected chi connectivity index (χ2v) is 6.28. The summed E-state index contributed by atoms with van der Waals surface area (Å²) in [5, 5.41) is 13.8. The zero-order chi connectivity index (χ0) is 15.9. The molecular weight excluding hydrogens is 276 g/mol. The van der Waals surface area contributed by atoms with Crippen LogP contribution >= 0.6 is 0 Å². The smallest absolute Gasteiger partial charge is 0.123 e. The third-order valence-electron chi connectivity index (χ3n) is 4.44. The molecule has 2 atom stereocenters. The molecule has 2 unspecified atom stereocenters. The van der Waals surface area contributed by atoms with Crippen molar-refractivity contribution in [2.24, 2.45) is 0 Å². The molecule has 1 heterocycles. The molecule has 1 aromatic carbocycles. The molecule has 0 bridgehead atoms. The second kappa shape index (κ2) is 8.51. The molecule has 0 radical (unpaired) electrons. The number of nitrogens with zero attached hydrogens (tertiary/aromatic N) is 1. The number of nitrogens with one attached hydrogen (secondary N) is 1. The summed E-state index contributed by atoms with van der Waals surface area (Å²) in [6.45, 7) is 7.89. The van der Waals surface area contributed by atoms with E-state index in [4.69, 9.17) is 4.74 Å². The number of benzene rings is 1. The van der Waals surface area contributed by atoms with Crippen molar-refractivity contribution in [1.29, 1.82) is 0 Å². The van der Waals surface area contributed by atoms with Crippen LogP contribution in [0.5, 0.6) is 5.75 Å². The van der Waals surface area contributed by atoms with Crippen molar-refractivity contribution < 1.29 is 9.84 Å². The molecule has 1 aromatic rings. The Morgan fingerprint density at radius 3 is 2.68 bits per heavy atom. The van der Waals surface area contributed by atoms with E-state index in [2.05, 4.69) is 36.2 Å². The standard InChI is InChI=1S/C18H30N2O2/c1-4-17(16-11-14(2)7-8-18(16)22-3)19-12-15(21)13-20-9-5-6-10-20/h7-8,11,15,17,19,21H,4-6,9-10,12-13H2,1-3H3. The normalized spacial score (nSPS) is 18.4. The molecule has 124 valence electrons. The minimum absolute atomic E-state index is 0.211. The van der Waals surface area contributed by atoms with Gasteiger partial charge in [0.2, 0.25) is 0 Å². The molecule has 1 fully saturated rings. The van der Waals surface area contributed by atoms with Gasteiger partial charge in [0, 0.05) is 24.7 Å². The van der Waals surface area contributed by atoms with Gasteiger partial charge < -0.3 is 20.1 Å². The lowest BCUT2D eigenvalue weighted by Crippen LogP contribution is -2.38. The van der Waals surface area contributed by atoms with Gasteiger partial charge in [0.15, 0.2) is 0 Å². The number of rotatable bonds is 8. The van der Waals surface area contributed by atoms with Crippen LogP contribution in [0, 0.1) is 6.92 Å². The summed E-state index contributed by atoms with van der Waals surface area (Å²) in [4.78, 5) is 2.35. The fourth-order valence-electron chi connectivity index (χ4n) is 3.21. The van der Waals surface area contributed by atoms with Gasteiger partial charge in [0.25, 0.3) is 0 Å². The second-order valence-electron chi connectivity index (χ2n) is 6.28. The minimum Gasteiger partial charge on any atom is -0.496 e. The molecule has 2 N–H and O–H groups in total. The maximum absolute atomic E-state index is 10.2. The number of likely N-dealkylation sites (tertiary alicyclic amines) is 1. The maximum atomic E-state index is 10.2. The SMILES string of the molecule is CCC(NCC(O)CN1CCCC1)c1cc(C)ccc1OC. The minimum atomic E-state index is -0.317. The van der Waals surface area contributed by atoms with Crippen molar-refractivity contribution in [3.05, 3.63) is 29.3 Å². The van der Waals surface area contributed by atoms with Crippen molar-refractivity contribution in [3.63, 3.8) is 0 Å². The van der Waals surface area contributed by atoms with Crippen LogP contribution < -0.4 is 10.1 Å². The van der Waals surface area contributed by atoms with E-state index in [0.29, 0.717) is 6.54 Å². The first kappa shape index (κ1) is 17.3. The highest BCUT2D eigenvalue weighted by atomic mass is 16.5. The van der Waals surface area contributed by atoms with E-state index < -0.39 is 0 Å². The predicted octanol–water partition coefficient (Wildman–Crippen LogP) is 2.50. The van der Waals surface area contributed by atoms with Crippen LogP contribution in [0.3, 0.4) is 0 Å². The van der Waals surface area contributed by atoms with Crippen molar-refractivity contribution in [1.82, 2.24) is 10.2 Å². The number of aliphatic hydroxyl groups is 1. The zero-order valence-corrected chi connectivity index (χ0v) is 14.1. The first-order chi connectivity index (χ1) is 10.6. The zero-order valence-electron chi connectivity index (χ0n) is 14.1. The van der Waals surface area contributed by atoms with Gasteiger partial charge >= 0.3 is 0 Å². The topological polar surface area (TPSA) is 44.7 Å². The first-order valence-electron chi connectivity index (χ1n) is 8.42. The van der Waals surface area contributed by atoms with Crippen LogP contribution in [-0.4, -0.2) is 49.4 Å². The summed E-state index contributed by atoms with van der Waals surface area (Å²) >= 11 is 0. The van der Waals surface area contributed by atoms with Crippen molar-refractivity contribution in [2.45, 2.75) is 45.3 Å². The number of β-amino-alcohol motifs (C(OH)–C–C–N with tert-alkyl or cyclic N) is 1. The Bertz CT molecular complexity index is 458. The van der Waals surface area contributed by atoms with Crippen LogP contribution in [0.2, 0.25) is 0 Å². The molecule has 4 nitrogen and oxygen atoms in total. The fourth-order valence-corrected chi connectivity index (χ4v) is 3.21. The van der Waals surface area contributed by atoms with Crippen LogP contribution in [-0.2, 0) is 0 Å². The van der Waals surface area contributed by atoms with E-state index in [-0.39, 0.29) is 12.1 Å². The fraction of sp³-hybridized carbons (Fsp3) is 0.667. The molecule has 2 rings (SSSR count). The lowest BCUT2D eigenvalue weighted by Gasteiger charge is -2.24. The lowest BCUT2D eigenvalue weighted by atomic mass is 10.0. The molecule has 4 heteroatoms. The highest BCUT2D eigenvalue weighted by Gasteiger charge is 2.18. The van der Waals surface area contributed by atoms with Gasteiger partial charge in [-0.05, 0) is 45.3 Å². The Balaban J connectivity index is 1.92. The summed E-state index contributed by atoms with van der Waals surface area (Å²) < 4.78 is 5.49. The Morgan fingerprint density at radius 2 is 2.05 bits per heavy atom. The number of hydrogen-bond donors (Lipinski definition) is 2. The van der Waals surface area contributed by atoms with E-state index in [9.17, 15) is 5.11 Å². The summed E-state index contributed by atoms with van der Waals surface area (Å²) in [6.07, 6.45) is 3.18.